The molecule has 2 aromatic rings. The van der Waals surface area contributed by atoms with Gasteiger partial charge in [0.2, 0.25) is 0 Å². The molecule has 2 aromatic carbocycles. The molecule has 5 heteroatoms. The van der Waals surface area contributed by atoms with Crippen molar-refractivity contribution in [3.05, 3.63) is 76.3 Å². The van der Waals surface area contributed by atoms with Gasteiger partial charge in [-0.15, -0.1) is 0 Å². The van der Waals surface area contributed by atoms with Crippen molar-refractivity contribution in [2.24, 2.45) is 0 Å². The number of carbonyl (C=O) groups excluding carboxylic acids is 2. The fourth-order valence-electron chi connectivity index (χ4n) is 2.18. The number of halogens is 1. The van der Waals surface area contributed by atoms with E-state index in [-0.39, 0.29) is 18.4 Å². The van der Waals surface area contributed by atoms with E-state index in [1.807, 2.05) is 61.5 Å². The van der Waals surface area contributed by atoms with E-state index < -0.39 is 5.97 Å². The standard InChI is InChI=1S/C20H20BrNO3/c1-15(17-7-3-2-4-8-17)13-22-19(23)14-25-20(24)11-10-16-6-5-9-18(21)12-16/h2-12,15H,13-14H2,1H3,(H,22,23)/b11-10+/t15-/m0/s1. The van der Waals surface area contributed by atoms with Crippen LogP contribution in [-0.4, -0.2) is 25.0 Å². The second-order valence-corrected chi connectivity index (χ2v) is 6.53. The lowest BCUT2D eigenvalue weighted by Crippen LogP contribution is -2.31. The average Bonchev–Trinajstić information content (AvgIpc) is 2.63. The SMILES string of the molecule is C[C@@H](CNC(=O)COC(=O)/C=C/c1cccc(Br)c1)c1ccccc1. The monoisotopic (exact) mass is 401 g/mol. The Kier molecular flexibility index (Phi) is 7.41. The van der Waals surface area contributed by atoms with Crippen molar-refractivity contribution in [1.82, 2.24) is 5.32 Å². The van der Waals surface area contributed by atoms with E-state index in [4.69, 9.17) is 4.74 Å². The van der Waals surface area contributed by atoms with Crippen molar-refractivity contribution in [2.45, 2.75) is 12.8 Å². The van der Waals surface area contributed by atoms with Gasteiger partial charge in [-0.2, -0.15) is 0 Å². The number of carbonyl (C=O) groups is 2. The third-order valence-corrected chi connectivity index (χ3v) is 4.07. The zero-order valence-corrected chi connectivity index (χ0v) is 15.5. The minimum absolute atomic E-state index is 0.192. The molecule has 0 aromatic heterocycles. The van der Waals surface area contributed by atoms with Gasteiger partial charge in [0, 0.05) is 17.1 Å². The molecule has 0 aliphatic heterocycles. The first-order valence-corrected chi connectivity index (χ1v) is 8.76. The van der Waals surface area contributed by atoms with Crippen molar-refractivity contribution in [1.29, 1.82) is 0 Å². The third-order valence-electron chi connectivity index (χ3n) is 3.58. The zero-order chi connectivity index (χ0) is 18.1. The molecule has 4 nitrogen and oxygen atoms in total. The molecule has 0 aliphatic rings. The quantitative estimate of drug-likeness (QED) is 0.564. The van der Waals surface area contributed by atoms with Crippen molar-refractivity contribution >= 4 is 33.9 Å². The van der Waals surface area contributed by atoms with Gasteiger partial charge in [0.05, 0.1) is 0 Å². The number of hydrogen-bond acceptors (Lipinski definition) is 3. The summed E-state index contributed by atoms with van der Waals surface area (Å²) in [6, 6.07) is 17.4. The number of amides is 1. The lowest BCUT2D eigenvalue weighted by atomic mass is 10.0. The normalized spacial score (nSPS) is 11.9. The summed E-state index contributed by atoms with van der Waals surface area (Å²) < 4.78 is 5.87. The molecule has 0 unspecified atom stereocenters. The highest BCUT2D eigenvalue weighted by Gasteiger charge is 2.09. The summed E-state index contributed by atoms with van der Waals surface area (Å²) in [6.45, 7) is 2.24. The molecule has 25 heavy (non-hydrogen) atoms. The molecule has 0 heterocycles. The zero-order valence-electron chi connectivity index (χ0n) is 13.9. The van der Waals surface area contributed by atoms with Crippen LogP contribution in [0.2, 0.25) is 0 Å². The Bertz CT molecular complexity index is 744. The van der Waals surface area contributed by atoms with Crippen LogP contribution in [0.15, 0.2) is 65.1 Å². The van der Waals surface area contributed by atoms with Crippen molar-refractivity contribution in [3.8, 4) is 0 Å². The van der Waals surface area contributed by atoms with E-state index in [9.17, 15) is 9.59 Å². The molecule has 1 atom stereocenters. The number of nitrogens with one attached hydrogen (secondary N) is 1. The highest BCUT2D eigenvalue weighted by molar-refractivity contribution is 9.10. The van der Waals surface area contributed by atoms with Crippen LogP contribution in [0.1, 0.15) is 24.0 Å². The third kappa shape index (κ3) is 6.93. The summed E-state index contributed by atoms with van der Waals surface area (Å²) in [5.41, 5.74) is 2.02. The summed E-state index contributed by atoms with van der Waals surface area (Å²) in [5.74, 6) is -0.671. The highest BCUT2D eigenvalue weighted by Crippen LogP contribution is 2.13. The molecule has 0 saturated heterocycles. The average molecular weight is 402 g/mol. The molecule has 2 rings (SSSR count). The molecule has 0 fully saturated rings. The van der Waals surface area contributed by atoms with Gasteiger partial charge in [0.15, 0.2) is 6.61 Å². The lowest BCUT2D eigenvalue weighted by molar-refractivity contribution is -0.143. The summed E-state index contributed by atoms with van der Waals surface area (Å²) in [7, 11) is 0. The molecular formula is C20H20BrNO3. The van der Waals surface area contributed by atoms with E-state index in [2.05, 4.69) is 21.2 Å². The molecule has 0 spiro atoms. The predicted octanol–water partition coefficient (Wildman–Crippen LogP) is 3.93. The van der Waals surface area contributed by atoms with Crippen LogP contribution in [0, 0.1) is 0 Å². The van der Waals surface area contributed by atoms with Crippen LogP contribution in [-0.2, 0) is 14.3 Å². The summed E-state index contributed by atoms with van der Waals surface area (Å²) >= 11 is 3.36. The number of benzene rings is 2. The highest BCUT2D eigenvalue weighted by atomic mass is 79.9. The maximum atomic E-state index is 11.8. The lowest BCUT2D eigenvalue weighted by Gasteiger charge is -2.12. The van der Waals surface area contributed by atoms with Gasteiger partial charge in [0.1, 0.15) is 0 Å². The Hall–Kier alpha value is -2.40. The van der Waals surface area contributed by atoms with E-state index in [1.165, 1.54) is 6.08 Å². The van der Waals surface area contributed by atoms with Crippen LogP contribution < -0.4 is 5.32 Å². The summed E-state index contributed by atoms with van der Waals surface area (Å²) in [5, 5.41) is 2.77. The topological polar surface area (TPSA) is 55.4 Å². The Morgan fingerprint density at radius 2 is 1.92 bits per heavy atom. The number of hydrogen-bond donors (Lipinski definition) is 1. The van der Waals surface area contributed by atoms with Crippen molar-refractivity contribution < 1.29 is 14.3 Å². The predicted molar refractivity (Wildman–Crippen MR) is 102 cm³/mol. The molecular weight excluding hydrogens is 382 g/mol. The molecule has 0 bridgehead atoms. The van der Waals surface area contributed by atoms with Gasteiger partial charge in [-0.1, -0.05) is 65.3 Å². The second-order valence-electron chi connectivity index (χ2n) is 5.61. The largest absolute Gasteiger partial charge is 0.452 e. The first-order valence-electron chi connectivity index (χ1n) is 7.96. The van der Waals surface area contributed by atoms with Crippen LogP contribution in [0.5, 0.6) is 0 Å². The van der Waals surface area contributed by atoms with Gasteiger partial charge in [-0.05, 0) is 35.3 Å². The first kappa shape index (κ1) is 18.9. The van der Waals surface area contributed by atoms with E-state index >= 15 is 0 Å². The summed E-state index contributed by atoms with van der Waals surface area (Å²) in [4.78, 5) is 23.4. The van der Waals surface area contributed by atoms with Gasteiger partial charge in [-0.25, -0.2) is 4.79 Å². The van der Waals surface area contributed by atoms with Crippen LogP contribution in [0.25, 0.3) is 6.08 Å². The van der Waals surface area contributed by atoms with Crippen LogP contribution >= 0.6 is 15.9 Å². The molecule has 0 saturated carbocycles. The van der Waals surface area contributed by atoms with Gasteiger partial charge >= 0.3 is 5.97 Å². The molecule has 130 valence electrons. The number of esters is 1. The van der Waals surface area contributed by atoms with Crippen molar-refractivity contribution in [2.75, 3.05) is 13.2 Å². The maximum Gasteiger partial charge on any atom is 0.331 e. The Labute approximate surface area is 156 Å². The smallest absolute Gasteiger partial charge is 0.331 e. The van der Waals surface area contributed by atoms with Crippen molar-refractivity contribution in [3.63, 3.8) is 0 Å². The van der Waals surface area contributed by atoms with E-state index in [0.29, 0.717) is 6.54 Å². The molecule has 1 N–H and O–H groups in total. The van der Waals surface area contributed by atoms with E-state index in [0.717, 1.165) is 15.6 Å². The number of rotatable bonds is 7. The Balaban J connectivity index is 1.71. The fourth-order valence-corrected chi connectivity index (χ4v) is 2.59. The molecule has 0 aliphatic carbocycles. The fraction of sp³-hybridized carbons (Fsp3) is 0.200. The van der Waals surface area contributed by atoms with Crippen LogP contribution in [0.3, 0.4) is 0 Å². The van der Waals surface area contributed by atoms with Crippen LogP contribution in [0.4, 0.5) is 0 Å². The molecule has 1 amide bonds. The maximum absolute atomic E-state index is 11.8. The number of ether oxygens (including phenoxy) is 1. The minimum Gasteiger partial charge on any atom is -0.452 e. The molecule has 0 radical (unpaired) electrons. The van der Waals surface area contributed by atoms with Gasteiger partial charge in [0.25, 0.3) is 5.91 Å². The summed E-state index contributed by atoms with van der Waals surface area (Å²) in [6.07, 6.45) is 2.95. The Morgan fingerprint density at radius 3 is 2.64 bits per heavy atom. The second kappa shape index (κ2) is 9.79. The van der Waals surface area contributed by atoms with Gasteiger partial charge in [-0.3, -0.25) is 4.79 Å². The van der Waals surface area contributed by atoms with Gasteiger partial charge < -0.3 is 10.1 Å². The van der Waals surface area contributed by atoms with E-state index in [1.54, 1.807) is 6.08 Å². The Morgan fingerprint density at radius 1 is 1.16 bits per heavy atom. The minimum atomic E-state index is -0.550. The first-order chi connectivity index (χ1) is 12.0.